The Kier molecular flexibility index (Phi) is 6.33. The Morgan fingerprint density at radius 2 is 1.72 bits per heavy atom. The molecule has 2 heterocycles. The summed E-state index contributed by atoms with van der Waals surface area (Å²) in [6, 6.07) is 15.3. The fraction of sp³-hybridized carbons (Fsp3) is 0.500. The summed E-state index contributed by atoms with van der Waals surface area (Å²) in [4.78, 5) is 17.9. The minimum Gasteiger partial charge on any atom is -0.465 e. The third-order valence-corrected chi connectivity index (χ3v) is 6.50. The Morgan fingerprint density at radius 3 is 2.41 bits per heavy atom. The molecule has 1 saturated heterocycles. The molecule has 0 unspecified atom stereocenters. The molecule has 0 spiro atoms. The van der Waals surface area contributed by atoms with Crippen molar-refractivity contribution in [3.63, 3.8) is 0 Å². The van der Waals surface area contributed by atoms with E-state index in [2.05, 4.69) is 52.7 Å². The standard InChI is InChI=1S/C24H31N3O2/c28-24(29)25-17-18-13-15-27(16-14-18)23-8-4-7-22(26-23)21-11-9-20(10-12-21)19-5-2-1-3-6-19/h4,7-12,18-19,25H,1-3,5-6,13-17H2,(H,28,29). The Hall–Kier alpha value is -2.56. The van der Waals surface area contributed by atoms with Crippen LogP contribution in [-0.4, -0.2) is 35.8 Å². The van der Waals surface area contributed by atoms with Crippen LogP contribution in [0.3, 0.4) is 0 Å². The summed E-state index contributed by atoms with van der Waals surface area (Å²) < 4.78 is 0. The lowest BCUT2D eigenvalue weighted by Crippen LogP contribution is -2.38. The SMILES string of the molecule is O=C(O)NCC1CCN(c2cccc(-c3ccc(C4CCCCC4)cc3)n2)CC1. The van der Waals surface area contributed by atoms with Crippen molar-refractivity contribution in [3.05, 3.63) is 48.0 Å². The van der Waals surface area contributed by atoms with Gasteiger partial charge in [-0.1, -0.05) is 49.6 Å². The fourth-order valence-electron chi connectivity index (χ4n) is 4.72. The van der Waals surface area contributed by atoms with Crippen molar-refractivity contribution in [2.24, 2.45) is 5.92 Å². The molecule has 1 amide bonds. The zero-order valence-electron chi connectivity index (χ0n) is 17.0. The Morgan fingerprint density at radius 1 is 1.00 bits per heavy atom. The van der Waals surface area contributed by atoms with Crippen molar-refractivity contribution in [1.29, 1.82) is 0 Å². The highest BCUT2D eigenvalue weighted by molar-refractivity contribution is 5.64. The van der Waals surface area contributed by atoms with Crippen molar-refractivity contribution < 1.29 is 9.90 Å². The lowest BCUT2D eigenvalue weighted by molar-refractivity contribution is 0.191. The van der Waals surface area contributed by atoms with Gasteiger partial charge in [0.25, 0.3) is 0 Å². The zero-order chi connectivity index (χ0) is 20.1. The van der Waals surface area contributed by atoms with Gasteiger partial charge in [0.15, 0.2) is 0 Å². The summed E-state index contributed by atoms with van der Waals surface area (Å²) >= 11 is 0. The molecule has 1 saturated carbocycles. The Bertz CT molecular complexity index is 807. The molecule has 0 bridgehead atoms. The van der Waals surface area contributed by atoms with E-state index >= 15 is 0 Å². The minimum atomic E-state index is -0.934. The van der Waals surface area contributed by atoms with Gasteiger partial charge in [0.2, 0.25) is 0 Å². The number of hydrogen-bond donors (Lipinski definition) is 2. The van der Waals surface area contributed by atoms with Gasteiger partial charge in [-0.2, -0.15) is 0 Å². The maximum absolute atomic E-state index is 10.7. The number of aromatic nitrogens is 1. The van der Waals surface area contributed by atoms with E-state index in [-0.39, 0.29) is 0 Å². The number of benzene rings is 1. The summed E-state index contributed by atoms with van der Waals surface area (Å²) in [6.45, 7) is 2.38. The van der Waals surface area contributed by atoms with Crippen molar-refractivity contribution in [2.45, 2.75) is 50.9 Å². The zero-order valence-corrected chi connectivity index (χ0v) is 17.0. The van der Waals surface area contributed by atoms with Crippen molar-refractivity contribution in [1.82, 2.24) is 10.3 Å². The molecule has 0 radical (unpaired) electrons. The van der Waals surface area contributed by atoms with Gasteiger partial charge in [0, 0.05) is 25.2 Å². The molecule has 2 aromatic rings. The molecular weight excluding hydrogens is 362 g/mol. The molecular formula is C24H31N3O2. The second kappa shape index (κ2) is 9.29. The van der Waals surface area contributed by atoms with Crippen LogP contribution in [0.4, 0.5) is 10.6 Å². The monoisotopic (exact) mass is 393 g/mol. The van der Waals surface area contributed by atoms with Gasteiger partial charge in [0.05, 0.1) is 5.69 Å². The highest BCUT2D eigenvalue weighted by atomic mass is 16.4. The van der Waals surface area contributed by atoms with Gasteiger partial charge in [-0.05, 0) is 55.2 Å². The molecule has 4 rings (SSSR count). The van der Waals surface area contributed by atoms with E-state index in [9.17, 15) is 4.79 Å². The largest absolute Gasteiger partial charge is 0.465 e. The third-order valence-electron chi connectivity index (χ3n) is 6.50. The normalized spacial score (nSPS) is 18.6. The Balaban J connectivity index is 1.39. The molecule has 1 aliphatic carbocycles. The molecule has 0 atom stereocenters. The van der Waals surface area contributed by atoms with Crippen LogP contribution in [-0.2, 0) is 0 Å². The van der Waals surface area contributed by atoms with E-state index in [1.54, 1.807) is 0 Å². The van der Waals surface area contributed by atoms with Crippen LogP contribution in [0, 0.1) is 5.92 Å². The minimum absolute atomic E-state index is 0.415. The predicted molar refractivity (Wildman–Crippen MR) is 116 cm³/mol. The lowest BCUT2D eigenvalue weighted by atomic mass is 9.84. The summed E-state index contributed by atoms with van der Waals surface area (Å²) in [6.07, 6.45) is 7.80. The van der Waals surface area contributed by atoms with Crippen LogP contribution in [0.1, 0.15) is 56.4 Å². The highest BCUT2D eigenvalue weighted by Crippen LogP contribution is 2.33. The summed E-state index contributed by atoms with van der Waals surface area (Å²) in [7, 11) is 0. The molecule has 2 aliphatic rings. The molecule has 2 N–H and O–H groups in total. The first-order valence-corrected chi connectivity index (χ1v) is 11.0. The molecule has 2 fully saturated rings. The second-order valence-corrected chi connectivity index (χ2v) is 8.45. The molecule has 1 aromatic carbocycles. The maximum Gasteiger partial charge on any atom is 0.404 e. The van der Waals surface area contributed by atoms with E-state index in [0.29, 0.717) is 12.5 Å². The first-order chi connectivity index (χ1) is 14.2. The number of anilines is 1. The molecule has 1 aliphatic heterocycles. The van der Waals surface area contributed by atoms with Crippen LogP contribution in [0.5, 0.6) is 0 Å². The first kappa shape index (κ1) is 19.7. The van der Waals surface area contributed by atoms with Crippen LogP contribution >= 0.6 is 0 Å². The number of carboxylic acid groups (broad SMARTS) is 1. The number of hydrogen-bond acceptors (Lipinski definition) is 3. The summed E-state index contributed by atoms with van der Waals surface area (Å²) in [5.41, 5.74) is 3.67. The van der Waals surface area contributed by atoms with Crippen LogP contribution in [0.2, 0.25) is 0 Å². The number of nitrogens with zero attached hydrogens (tertiary/aromatic N) is 2. The van der Waals surface area contributed by atoms with Gasteiger partial charge in [-0.3, -0.25) is 0 Å². The number of nitrogens with one attached hydrogen (secondary N) is 1. The van der Waals surface area contributed by atoms with Gasteiger partial charge in [-0.15, -0.1) is 0 Å². The highest BCUT2D eigenvalue weighted by Gasteiger charge is 2.21. The fourth-order valence-corrected chi connectivity index (χ4v) is 4.72. The second-order valence-electron chi connectivity index (χ2n) is 8.45. The van der Waals surface area contributed by atoms with Crippen molar-refractivity contribution in [3.8, 4) is 11.3 Å². The van der Waals surface area contributed by atoms with Crippen LogP contribution in [0.15, 0.2) is 42.5 Å². The van der Waals surface area contributed by atoms with Gasteiger partial charge in [0.1, 0.15) is 5.82 Å². The number of rotatable bonds is 5. The smallest absolute Gasteiger partial charge is 0.404 e. The number of pyridine rings is 1. The topological polar surface area (TPSA) is 65.5 Å². The summed E-state index contributed by atoms with van der Waals surface area (Å²) in [5.74, 6) is 2.16. The quantitative estimate of drug-likeness (QED) is 0.725. The lowest BCUT2D eigenvalue weighted by Gasteiger charge is -2.32. The van der Waals surface area contributed by atoms with E-state index in [1.165, 1.54) is 43.2 Å². The van der Waals surface area contributed by atoms with Crippen molar-refractivity contribution in [2.75, 3.05) is 24.5 Å². The Labute approximate surface area is 173 Å². The average molecular weight is 394 g/mol. The van der Waals surface area contributed by atoms with Crippen molar-refractivity contribution >= 4 is 11.9 Å². The van der Waals surface area contributed by atoms with Crippen LogP contribution < -0.4 is 10.2 Å². The number of carbonyl (C=O) groups is 1. The third kappa shape index (κ3) is 5.08. The maximum atomic E-state index is 10.7. The summed E-state index contributed by atoms with van der Waals surface area (Å²) in [5, 5.41) is 11.3. The number of amides is 1. The molecule has 1 aromatic heterocycles. The van der Waals surface area contributed by atoms with E-state index in [4.69, 9.17) is 10.1 Å². The van der Waals surface area contributed by atoms with E-state index in [0.717, 1.165) is 43.4 Å². The van der Waals surface area contributed by atoms with Crippen LogP contribution in [0.25, 0.3) is 11.3 Å². The molecule has 154 valence electrons. The predicted octanol–water partition coefficient (Wildman–Crippen LogP) is 5.28. The molecule has 5 nitrogen and oxygen atoms in total. The average Bonchev–Trinajstić information content (AvgIpc) is 2.79. The first-order valence-electron chi connectivity index (χ1n) is 11.0. The molecule has 5 heteroatoms. The van der Waals surface area contributed by atoms with E-state index < -0.39 is 6.09 Å². The number of piperidine rings is 1. The van der Waals surface area contributed by atoms with Gasteiger partial charge < -0.3 is 15.3 Å². The van der Waals surface area contributed by atoms with Gasteiger partial charge >= 0.3 is 6.09 Å². The van der Waals surface area contributed by atoms with Gasteiger partial charge in [-0.25, -0.2) is 9.78 Å². The van der Waals surface area contributed by atoms with E-state index in [1.807, 2.05) is 0 Å². The molecule has 29 heavy (non-hydrogen) atoms.